The van der Waals surface area contributed by atoms with Crippen molar-refractivity contribution in [2.75, 3.05) is 0 Å². The highest BCUT2D eigenvalue weighted by atomic mass is 35.5. The number of guanidine groups is 1. The van der Waals surface area contributed by atoms with Crippen molar-refractivity contribution in [1.29, 1.82) is 5.41 Å². The van der Waals surface area contributed by atoms with Gasteiger partial charge in [0.05, 0.1) is 5.02 Å². The fraction of sp³-hybridized carbons (Fsp3) is 0.111. The van der Waals surface area contributed by atoms with Crippen molar-refractivity contribution in [3.8, 4) is 0 Å². The van der Waals surface area contributed by atoms with Crippen molar-refractivity contribution in [3.05, 3.63) is 29.3 Å². The van der Waals surface area contributed by atoms with Crippen LogP contribution in [0.4, 0.5) is 0 Å². The Morgan fingerprint density at radius 2 is 1.89 bits per heavy atom. The number of hydrogen-bond acceptors (Lipinski definition) is 4. The molecule has 0 aromatic heterocycles. The molecule has 100 valence electrons. The maximum Gasteiger partial charge on any atom is 0.300 e. The number of nitrogens with one attached hydrogen (secondary N) is 2. The summed E-state index contributed by atoms with van der Waals surface area (Å²) >= 11 is 5.66. The molecule has 5 N–H and O–H groups in total. The molecule has 0 atom stereocenters. The Balaban J connectivity index is 0.000000631. The molecule has 7 nitrogen and oxygen atoms in total. The minimum absolute atomic E-state index is 0.0845. The second-order valence-corrected chi connectivity index (χ2v) is 5.03. The molecule has 0 amide bonds. The molecule has 0 bridgehead atoms. The molecular weight excluding hydrogens is 282 g/mol. The van der Waals surface area contributed by atoms with E-state index in [0.717, 1.165) is 6.92 Å². The molecule has 1 aromatic rings. The molecule has 18 heavy (non-hydrogen) atoms. The Labute approximate surface area is 109 Å². The van der Waals surface area contributed by atoms with Crippen LogP contribution in [0.15, 0.2) is 29.2 Å². The summed E-state index contributed by atoms with van der Waals surface area (Å²) < 4.78 is 24.7. The number of aliphatic carboxylic acids is 1. The number of carboxylic acids is 1. The van der Waals surface area contributed by atoms with E-state index in [9.17, 15) is 8.42 Å². The number of rotatable bonds is 2. The first-order chi connectivity index (χ1) is 8.16. The molecule has 0 aliphatic rings. The van der Waals surface area contributed by atoms with Gasteiger partial charge in [-0.15, -0.1) is 0 Å². The van der Waals surface area contributed by atoms with E-state index in [0.29, 0.717) is 0 Å². The fourth-order valence-electron chi connectivity index (χ4n) is 0.862. The van der Waals surface area contributed by atoms with Gasteiger partial charge in [0.1, 0.15) is 4.90 Å². The van der Waals surface area contributed by atoms with Crippen molar-refractivity contribution in [1.82, 2.24) is 4.72 Å². The molecule has 0 spiro atoms. The zero-order chi connectivity index (χ0) is 14.3. The zero-order valence-corrected chi connectivity index (χ0v) is 10.9. The van der Waals surface area contributed by atoms with Gasteiger partial charge in [0.2, 0.25) is 0 Å². The average Bonchev–Trinajstić information content (AvgIpc) is 2.14. The van der Waals surface area contributed by atoms with Gasteiger partial charge in [-0.25, -0.2) is 13.1 Å². The number of benzene rings is 1. The lowest BCUT2D eigenvalue weighted by molar-refractivity contribution is -0.134. The monoisotopic (exact) mass is 293 g/mol. The Kier molecular flexibility index (Phi) is 6.14. The molecule has 0 aliphatic heterocycles. The van der Waals surface area contributed by atoms with Crippen LogP contribution in [0.3, 0.4) is 0 Å². The van der Waals surface area contributed by atoms with E-state index in [4.69, 9.17) is 32.6 Å². The van der Waals surface area contributed by atoms with Gasteiger partial charge in [-0.3, -0.25) is 10.2 Å². The predicted molar refractivity (Wildman–Crippen MR) is 67.0 cm³/mol. The van der Waals surface area contributed by atoms with Crippen LogP contribution in [0.5, 0.6) is 0 Å². The van der Waals surface area contributed by atoms with Crippen LogP contribution in [0.2, 0.25) is 5.02 Å². The maximum atomic E-state index is 11.4. The average molecular weight is 294 g/mol. The summed E-state index contributed by atoms with van der Waals surface area (Å²) in [4.78, 5) is 8.90. The number of carboxylic acid groups (broad SMARTS) is 1. The van der Waals surface area contributed by atoms with Crippen LogP contribution in [-0.4, -0.2) is 25.5 Å². The molecular formula is C9H12ClN3O4S. The molecule has 0 radical (unpaired) electrons. The normalized spacial score (nSPS) is 9.89. The molecule has 0 fully saturated rings. The van der Waals surface area contributed by atoms with E-state index in [1.807, 2.05) is 4.72 Å². The molecule has 0 saturated carbocycles. The molecule has 0 unspecified atom stereocenters. The number of hydrogen-bond donors (Lipinski definition) is 4. The third-order valence-corrected chi connectivity index (χ3v) is 3.24. The lowest BCUT2D eigenvalue weighted by atomic mass is 10.4. The molecule has 0 heterocycles. The molecule has 0 saturated heterocycles. The van der Waals surface area contributed by atoms with E-state index in [2.05, 4.69) is 0 Å². The van der Waals surface area contributed by atoms with E-state index in [-0.39, 0.29) is 9.92 Å². The fourth-order valence-corrected chi connectivity index (χ4v) is 2.28. The lowest BCUT2D eigenvalue weighted by Gasteiger charge is -2.06. The highest BCUT2D eigenvalue weighted by Crippen LogP contribution is 2.19. The summed E-state index contributed by atoms with van der Waals surface area (Å²) in [6.45, 7) is 1.08. The SMILES string of the molecule is CC(=O)O.N=C(N)NS(=O)(=O)c1ccccc1Cl. The highest BCUT2D eigenvalue weighted by molar-refractivity contribution is 7.90. The third-order valence-electron chi connectivity index (χ3n) is 1.37. The van der Waals surface area contributed by atoms with Crippen LogP contribution < -0.4 is 10.5 Å². The Morgan fingerprint density at radius 3 is 2.28 bits per heavy atom. The summed E-state index contributed by atoms with van der Waals surface area (Å²) in [5, 5.41) is 14.3. The van der Waals surface area contributed by atoms with Gasteiger partial charge in [0.15, 0.2) is 5.96 Å². The minimum atomic E-state index is -3.82. The Morgan fingerprint density at radius 1 is 1.44 bits per heavy atom. The van der Waals surface area contributed by atoms with Gasteiger partial charge in [-0.2, -0.15) is 0 Å². The van der Waals surface area contributed by atoms with E-state index < -0.39 is 22.0 Å². The Hall–Kier alpha value is -1.80. The topological polar surface area (TPSA) is 133 Å². The van der Waals surface area contributed by atoms with Crippen molar-refractivity contribution in [2.24, 2.45) is 5.73 Å². The summed E-state index contributed by atoms with van der Waals surface area (Å²) in [7, 11) is -3.82. The Bertz CT molecular complexity index is 540. The molecule has 1 aromatic carbocycles. The molecule has 9 heteroatoms. The van der Waals surface area contributed by atoms with Gasteiger partial charge >= 0.3 is 0 Å². The highest BCUT2D eigenvalue weighted by Gasteiger charge is 2.17. The van der Waals surface area contributed by atoms with Gasteiger partial charge in [-0.1, -0.05) is 23.7 Å². The summed E-state index contributed by atoms with van der Waals surface area (Å²) in [6.07, 6.45) is 0. The quantitative estimate of drug-likeness (QED) is 0.468. The number of halogens is 1. The minimum Gasteiger partial charge on any atom is -0.481 e. The summed E-state index contributed by atoms with van der Waals surface area (Å²) in [5.41, 5.74) is 4.92. The zero-order valence-electron chi connectivity index (χ0n) is 9.34. The van der Waals surface area contributed by atoms with Crippen molar-refractivity contribution in [3.63, 3.8) is 0 Å². The van der Waals surface area contributed by atoms with Gasteiger partial charge in [0.25, 0.3) is 16.0 Å². The van der Waals surface area contributed by atoms with Crippen LogP contribution in [0.25, 0.3) is 0 Å². The molecule has 1 rings (SSSR count). The first-order valence-corrected chi connectivity index (χ1v) is 6.34. The van der Waals surface area contributed by atoms with Crippen molar-refractivity contribution < 1.29 is 18.3 Å². The second-order valence-electron chi connectivity index (χ2n) is 2.97. The molecule has 0 aliphatic carbocycles. The van der Waals surface area contributed by atoms with Crippen molar-refractivity contribution >= 4 is 33.6 Å². The van der Waals surface area contributed by atoms with Crippen LogP contribution in [-0.2, 0) is 14.8 Å². The number of sulfonamides is 1. The van der Waals surface area contributed by atoms with E-state index >= 15 is 0 Å². The first-order valence-electron chi connectivity index (χ1n) is 4.47. The van der Waals surface area contributed by atoms with Gasteiger partial charge in [0, 0.05) is 6.92 Å². The van der Waals surface area contributed by atoms with Crippen LogP contribution in [0.1, 0.15) is 6.92 Å². The third kappa shape index (κ3) is 6.06. The standard InChI is InChI=1S/C7H8ClN3O2S.C2H4O2/c8-5-3-1-2-4-6(5)14(12,13)11-7(9)10;1-2(3)4/h1-4H,(H4,9,10,11);1H3,(H,3,4). The smallest absolute Gasteiger partial charge is 0.300 e. The van der Waals surface area contributed by atoms with Gasteiger partial charge < -0.3 is 10.8 Å². The summed E-state index contributed by atoms with van der Waals surface area (Å²) in [5.74, 6) is -1.48. The van der Waals surface area contributed by atoms with Crippen LogP contribution >= 0.6 is 11.6 Å². The van der Waals surface area contributed by atoms with E-state index in [1.165, 1.54) is 18.2 Å². The predicted octanol–water partition coefficient (Wildman–Crippen LogP) is 0.603. The summed E-state index contributed by atoms with van der Waals surface area (Å²) in [6, 6.07) is 5.90. The van der Waals surface area contributed by atoms with E-state index in [1.54, 1.807) is 6.07 Å². The lowest BCUT2D eigenvalue weighted by Crippen LogP contribution is -2.35. The largest absolute Gasteiger partial charge is 0.481 e. The maximum absolute atomic E-state index is 11.4. The number of nitrogens with two attached hydrogens (primary N) is 1. The number of carbonyl (C=O) groups is 1. The van der Waals surface area contributed by atoms with Crippen molar-refractivity contribution in [2.45, 2.75) is 11.8 Å². The second kappa shape index (κ2) is 6.82. The van der Waals surface area contributed by atoms with Crippen LogP contribution in [0, 0.1) is 5.41 Å². The first kappa shape index (κ1) is 16.2. The van der Waals surface area contributed by atoms with Gasteiger partial charge in [-0.05, 0) is 12.1 Å².